The molecule has 2 bridgehead atoms. The average molecular weight is 501 g/mol. The largest absolute Gasteiger partial charge is 0.394 e. The lowest BCUT2D eigenvalue weighted by molar-refractivity contribution is -0.142. The zero-order chi connectivity index (χ0) is 24.9. The van der Waals surface area contributed by atoms with Crippen LogP contribution in [0.3, 0.4) is 0 Å². The molecule has 0 aliphatic carbocycles. The molecule has 188 valence electrons. The minimum atomic E-state index is -0.786. The number of nitrogens with one attached hydrogen (secondary N) is 2. The predicted octanol–water partition coefficient (Wildman–Crippen LogP) is 0.749. The third-order valence-corrected chi connectivity index (χ3v) is 9.92. The number of aliphatic hydroxyl groups excluding tert-OH is 1. The van der Waals surface area contributed by atoms with Crippen LogP contribution in [-0.2, 0) is 21.1 Å². The lowest BCUT2D eigenvalue weighted by atomic mass is 9.66. The van der Waals surface area contributed by atoms with E-state index < -0.39 is 28.7 Å². The Morgan fingerprint density at radius 3 is 2.80 bits per heavy atom. The highest BCUT2D eigenvalue weighted by atomic mass is 32.2. The van der Waals surface area contributed by atoms with E-state index in [1.807, 2.05) is 31.2 Å². The Labute approximate surface area is 208 Å². The standard InChI is InChI=1S/C24H32N6O4S/c1-4-9-25-21(32)18-17-10-13(2)24(35-17)19(18)23(34)30(14(3)11-31)20(24)22(33)26-12-29-16-8-6-5-7-15(16)27-28-29/h5-8,13-14,17-20,31H,4,9-12H2,1-3H3,(H,25,32)(H,26,33)/t13?,14-,17-,18+,19+,20?,24?/m1/s1. The summed E-state index contributed by atoms with van der Waals surface area (Å²) in [6.07, 6.45) is 1.59. The number of nitrogens with zero attached hydrogens (tertiary/aromatic N) is 4. The molecule has 0 saturated carbocycles. The van der Waals surface area contributed by atoms with Gasteiger partial charge in [0, 0.05) is 11.8 Å². The second-order valence-corrected chi connectivity index (χ2v) is 11.4. The molecule has 1 aromatic carbocycles. The van der Waals surface area contributed by atoms with E-state index in [1.165, 1.54) is 4.90 Å². The van der Waals surface area contributed by atoms with Gasteiger partial charge >= 0.3 is 0 Å². The molecule has 1 spiro atoms. The van der Waals surface area contributed by atoms with Crippen molar-refractivity contribution >= 4 is 40.5 Å². The Balaban J connectivity index is 1.47. The van der Waals surface area contributed by atoms with Gasteiger partial charge in [0.05, 0.1) is 34.7 Å². The number of benzene rings is 1. The Kier molecular flexibility index (Phi) is 6.25. The highest BCUT2D eigenvalue weighted by Crippen LogP contribution is 2.68. The zero-order valence-electron chi connectivity index (χ0n) is 20.2. The summed E-state index contributed by atoms with van der Waals surface area (Å²) < 4.78 is 0.899. The number of carbonyl (C=O) groups excluding carboxylic acids is 3. The topological polar surface area (TPSA) is 129 Å². The Hall–Kier alpha value is -2.66. The van der Waals surface area contributed by atoms with E-state index in [9.17, 15) is 19.5 Å². The van der Waals surface area contributed by atoms with Crippen molar-refractivity contribution in [2.45, 2.75) is 62.4 Å². The molecule has 3 amide bonds. The number of para-hydroxylation sites is 1. The third-order valence-electron chi connectivity index (χ3n) is 7.85. The highest BCUT2D eigenvalue weighted by Gasteiger charge is 2.76. The van der Waals surface area contributed by atoms with Gasteiger partial charge < -0.3 is 20.6 Å². The smallest absolute Gasteiger partial charge is 0.245 e. The first kappa shape index (κ1) is 24.1. The van der Waals surface area contributed by atoms with Gasteiger partial charge in [-0.3, -0.25) is 14.4 Å². The zero-order valence-corrected chi connectivity index (χ0v) is 21.0. The molecule has 3 aliphatic heterocycles. The van der Waals surface area contributed by atoms with Crippen molar-refractivity contribution < 1.29 is 19.5 Å². The van der Waals surface area contributed by atoms with E-state index in [0.29, 0.717) is 6.54 Å². The molecule has 2 aromatic rings. The van der Waals surface area contributed by atoms with E-state index in [4.69, 9.17) is 0 Å². The lowest BCUT2D eigenvalue weighted by Gasteiger charge is -2.39. The second kappa shape index (κ2) is 9.09. The molecular formula is C24H32N6O4S. The van der Waals surface area contributed by atoms with Crippen molar-refractivity contribution in [1.29, 1.82) is 0 Å². The number of hydrogen-bond donors (Lipinski definition) is 3. The quantitative estimate of drug-likeness (QED) is 0.488. The van der Waals surface area contributed by atoms with Crippen LogP contribution in [0, 0.1) is 17.8 Å². The molecule has 3 aliphatic rings. The fraction of sp³-hybridized carbons (Fsp3) is 0.625. The number of fused-ring (bicyclic) bond motifs is 2. The van der Waals surface area contributed by atoms with Crippen LogP contribution < -0.4 is 10.6 Å². The van der Waals surface area contributed by atoms with Crippen molar-refractivity contribution in [2.24, 2.45) is 17.8 Å². The van der Waals surface area contributed by atoms with Crippen molar-refractivity contribution in [3.05, 3.63) is 24.3 Å². The van der Waals surface area contributed by atoms with E-state index in [2.05, 4.69) is 27.9 Å². The summed E-state index contributed by atoms with van der Waals surface area (Å²) in [6, 6.07) is 6.16. The number of hydrogen-bond acceptors (Lipinski definition) is 7. The van der Waals surface area contributed by atoms with Crippen molar-refractivity contribution in [3.63, 3.8) is 0 Å². The lowest BCUT2D eigenvalue weighted by Crippen LogP contribution is -2.58. The van der Waals surface area contributed by atoms with Crippen LogP contribution in [0.5, 0.6) is 0 Å². The number of rotatable bonds is 8. The normalized spacial score (nSPS) is 32.2. The molecular weight excluding hydrogens is 468 g/mol. The van der Waals surface area contributed by atoms with Crippen LogP contribution in [0.15, 0.2) is 24.3 Å². The number of amides is 3. The van der Waals surface area contributed by atoms with Crippen molar-refractivity contribution in [3.8, 4) is 0 Å². The van der Waals surface area contributed by atoms with Gasteiger partial charge in [0.2, 0.25) is 17.7 Å². The number of likely N-dealkylation sites (tertiary alicyclic amines) is 1. The van der Waals surface area contributed by atoms with Crippen LogP contribution in [0.25, 0.3) is 11.0 Å². The summed E-state index contributed by atoms with van der Waals surface area (Å²) in [5, 5.41) is 24.2. The first-order valence-corrected chi connectivity index (χ1v) is 13.2. The molecule has 3 N–H and O–H groups in total. The molecule has 3 saturated heterocycles. The summed E-state index contributed by atoms with van der Waals surface area (Å²) in [5.74, 6) is -1.61. The Morgan fingerprint density at radius 2 is 2.06 bits per heavy atom. The van der Waals surface area contributed by atoms with Crippen molar-refractivity contribution in [1.82, 2.24) is 30.5 Å². The van der Waals surface area contributed by atoms with Gasteiger partial charge in [-0.1, -0.05) is 31.2 Å². The summed E-state index contributed by atoms with van der Waals surface area (Å²) in [5.41, 5.74) is 1.52. The fourth-order valence-corrected chi connectivity index (χ4v) is 8.68. The number of aromatic nitrogens is 3. The fourth-order valence-electron chi connectivity index (χ4n) is 6.27. The Bertz CT molecular complexity index is 1160. The van der Waals surface area contributed by atoms with E-state index in [-0.39, 0.29) is 42.2 Å². The van der Waals surface area contributed by atoms with Crippen LogP contribution in [-0.4, -0.2) is 78.0 Å². The molecule has 11 heteroatoms. The summed E-state index contributed by atoms with van der Waals surface area (Å²) in [7, 11) is 0. The molecule has 3 unspecified atom stereocenters. The molecule has 3 fully saturated rings. The minimum Gasteiger partial charge on any atom is -0.394 e. The number of thioether (sulfide) groups is 1. The van der Waals surface area contributed by atoms with Crippen molar-refractivity contribution in [2.75, 3.05) is 13.2 Å². The highest BCUT2D eigenvalue weighted by molar-refractivity contribution is 8.02. The molecule has 4 heterocycles. The van der Waals surface area contributed by atoms with Gasteiger partial charge in [0.25, 0.3) is 0 Å². The van der Waals surface area contributed by atoms with E-state index in [0.717, 1.165) is 23.9 Å². The minimum absolute atomic E-state index is 0.00283. The summed E-state index contributed by atoms with van der Waals surface area (Å²) in [6.45, 7) is 6.21. The van der Waals surface area contributed by atoms with Crippen LogP contribution in [0.1, 0.15) is 33.6 Å². The maximum Gasteiger partial charge on any atom is 0.245 e. The maximum atomic E-state index is 13.8. The van der Waals surface area contributed by atoms with Crippen LogP contribution in [0.4, 0.5) is 0 Å². The summed E-state index contributed by atoms with van der Waals surface area (Å²) >= 11 is 1.62. The van der Waals surface area contributed by atoms with E-state index >= 15 is 0 Å². The van der Waals surface area contributed by atoms with E-state index in [1.54, 1.807) is 23.4 Å². The number of carbonyl (C=O) groups is 3. The predicted molar refractivity (Wildman–Crippen MR) is 131 cm³/mol. The molecule has 10 nitrogen and oxygen atoms in total. The van der Waals surface area contributed by atoms with Crippen LogP contribution >= 0.6 is 11.8 Å². The molecule has 0 radical (unpaired) electrons. The number of aliphatic hydroxyl groups is 1. The molecule has 35 heavy (non-hydrogen) atoms. The van der Waals surface area contributed by atoms with Gasteiger partial charge in [-0.25, -0.2) is 4.68 Å². The SMILES string of the molecule is CCCNC(=O)[C@@H]1[C@H]2C(=O)N([C@H](C)CO)C(C(=O)NCn3nnc4ccccc43)C23S[C@@H]1CC3C. The third kappa shape index (κ3) is 3.54. The second-order valence-electron chi connectivity index (χ2n) is 9.90. The van der Waals surface area contributed by atoms with Gasteiger partial charge in [0.1, 0.15) is 18.2 Å². The van der Waals surface area contributed by atoms with Gasteiger partial charge in [-0.15, -0.1) is 16.9 Å². The Morgan fingerprint density at radius 1 is 1.29 bits per heavy atom. The molecule has 1 aromatic heterocycles. The average Bonchev–Trinajstić information content (AvgIpc) is 3.57. The van der Waals surface area contributed by atoms with Gasteiger partial charge in [-0.2, -0.15) is 0 Å². The maximum absolute atomic E-state index is 13.8. The summed E-state index contributed by atoms with van der Waals surface area (Å²) in [4.78, 5) is 42.3. The van der Waals surface area contributed by atoms with Gasteiger partial charge in [-0.05, 0) is 37.8 Å². The van der Waals surface area contributed by atoms with Gasteiger partial charge in [0.15, 0.2) is 0 Å². The van der Waals surface area contributed by atoms with Crippen LogP contribution in [0.2, 0.25) is 0 Å². The molecule has 7 atom stereocenters. The molecule has 5 rings (SSSR count). The first-order chi connectivity index (χ1) is 16.8. The monoisotopic (exact) mass is 500 g/mol. The first-order valence-electron chi connectivity index (χ1n) is 12.3.